The van der Waals surface area contributed by atoms with Crippen LogP contribution in [-0.4, -0.2) is 38.3 Å². The molecule has 0 aliphatic carbocycles. The maximum absolute atomic E-state index is 13.5. The van der Waals surface area contributed by atoms with Gasteiger partial charge in [0.1, 0.15) is 17.6 Å². The molecule has 0 saturated carbocycles. The maximum atomic E-state index is 13.5. The van der Waals surface area contributed by atoms with Gasteiger partial charge in [0, 0.05) is 42.7 Å². The number of rotatable bonds is 7. The minimum absolute atomic E-state index is 0.0341. The predicted molar refractivity (Wildman–Crippen MR) is 131 cm³/mol. The summed E-state index contributed by atoms with van der Waals surface area (Å²) in [7, 11) is 0. The second-order valence-electron chi connectivity index (χ2n) is 9.22. The van der Waals surface area contributed by atoms with Gasteiger partial charge in [0.15, 0.2) is 5.82 Å². The van der Waals surface area contributed by atoms with Crippen molar-refractivity contribution in [1.82, 2.24) is 19.9 Å². The Bertz CT molecular complexity index is 1370. The fourth-order valence-corrected chi connectivity index (χ4v) is 3.75. The van der Waals surface area contributed by atoms with E-state index in [9.17, 15) is 13.2 Å². The maximum Gasteiger partial charge on any atom is 0.418 e. The van der Waals surface area contributed by atoms with Gasteiger partial charge in [0.2, 0.25) is 0 Å². The van der Waals surface area contributed by atoms with E-state index in [1.165, 1.54) is 30.9 Å². The molecule has 0 amide bonds. The first kappa shape index (κ1) is 25.3. The first-order chi connectivity index (χ1) is 17.1. The number of aliphatic hydroxyl groups excluding tert-OH is 1. The van der Waals surface area contributed by atoms with Crippen molar-refractivity contribution in [2.45, 2.75) is 38.8 Å². The molecule has 0 aliphatic rings. The zero-order chi connectivity index (χ0) is 25.9. The lowest BCUT2D eigenvalue weighted by molar-refractivity contribution is -0.137. The van der Waals surface area contributed by atoms with Crippen molar-refractivity contribution >= 4 is 22.5 Å². The number of alkyl halides is 3. The number of nitrogens with one attached hydrogen (secondary N) is 1. The molecule has 2 N–H and O–H groups in total. The van der Waals surface area contributed by atoms with Crippen LogP contribution in [0.1, 0.15) is 38.3 Å². The predicted octanol–water partition coefficient (Wildman–Crippen LogP) is 5.91. The van der Waals surface area contributed by atoms with Gasteiger partial charge in [-0.25, -0.2) is 15.0 Å². The minimum atomic E-state index is -4.55. The van der Waals surface area contributed by atoms with Gasteiger partial charge in [-0.15, -0.1) is 0 Å². The summed E-state index contributed by atoms with van der Waals surface area (Å²) in [6, 6.07) is 9.46. The average molecular weight is 498 g/mol. The van der Waals surface area contributed by atoms with Crippen LogP contribution in [0.4, 0.5) is 24.7 Å². The van der Waals surface area contributed by atoms with Crippen LogP contribution in [0.5, 0.6) is 5.75 Å². The van der Waals surface area contributed by atoms with E-state index in [2.05, 4.69) is 46.0 Å². The summed E-state index contributed by atoms with van der Waals surface area (Å²) in [5.41, 5.74) is 1.46. The monoisotopic (exact) mass is 497 g/mol. The van der Waals surface area contributed by atoms with Crippen molar-refractivity contribution in [2.75, 3.05) is 18.5 Å². The molecule has 1 aromatic carbocycles. The van der Waals surface area contributed by atoms with E-state index in [4.69, 9.17) is 9.84 Å². The van der Waals surface area contributed by atoms with Gasteiger partial charge in [-0.1, -0.05) is 26.8 Å². The molecule has 3 aromatic heterocycles. The van der Waals surface area contributed by atoms with Gasteiger partial charge in [-0.2, -0.15) is 13.2 Å². The third kappa shape index (κ3) is 5.54. The fourth-order valence-electron chi connectivity index (χ4n) is 3.75. The van der Waals surface area contributed by atoms with E-state index in [0.29, 0.717) is 41.3 Å². The number of aromatic nitrogens is 4. The normalized spacial score (nSPS) is 12.1. The number of halogens is 3. The molecule has 0 aliphatic heterocycles. The van der Waals surface area contributed by atoms with Crippen LogP contribution >= 0.6 is 0 Å². The average Bonchev–Trinajstić information content (AvgIpc) is 2.83. The van der Waals surface area contributed by atoms with Crippen LogP contribution in [0.3, 0.4) is 0 Å². The smallest absolute Gasteiger partial charge is 0.418 e. The molecule has 0 radical (unpaired) electrons. The molecule has 0 fully saturated rings. The lowest BCUT2D eigenvalue weighted by Crippen LogP contribution is -2.14. The lowest BCUT2D eigenvalue weighted by atomic mass is 9.86. The number of pyridine rings is 2. The summed E-state index contributed by atoms with van der Waals surface area (Å²) in [4.78, 5) is 16.8. The second kappa shape index (κ2) is 10.1. The molecule has 0 spiro atoms. The Balaban J connectivity index is 1.69. The molecule has 36 heavy (non-hydrogen) atoms. The number of fused-ring (bicyclic) bond motifs is 1. The van der Waals surface area contributed by atoms with Crippen molar-refractivity contribution < 1.29 is 23.0 Å². The Morgan fingerprint density at radius 3 is 2.50 bits per heavy atom. The molecule has 0 unspecified atom stereocenters. The summed E-state index contributed by atoms with van der Waals surface area (Å²) < 4.78 is 46.3. The topological polar surface area (TPSA) is 93.1 Å². The molecule has 0 bridgehead atoms. The molecular weight excluding hydrogens is 471 g/mol. The molecule has 0 atom stereocenters. The Labute approximate surface area is 206 Å². The van der Waals surface area contributed by atoms with Crippen LogP contribution in [0.25, 0.3) is 22.3 Å². The van der Waals surface area contributed by atoms with E-state index in [-0.39, 0.29) is 23.3 Å². The number of hydrogen-bond acceptors (Lipinski definition) is 7. The summed E-state index contributed by atoms with van der Waals surface area (Å²) >= 11 is 0. The van der Waals surface area contributed by atoms with Crippen LogP contribution in [0.15, 0.2) is 55.1 Å². The quantitative estimate of drug-likeness (QED) is 0.307. The van der Waals surface area contributed by atoms with Crippen molar-refractivity contribution in [3.8, 4) is 17.0 Å². The van der Waals surface area contributed by atoms with Gasteiger partial charge in [-0.3, -0.25) is 4.98 Å². The van der Waals surface area contributed by atoms with Gasteiger partial charge < -0.3 is 15.2 Å². The van der Waals surface area contributed by atoms with Crippen LogP contribution < -0.4 is 10.1 Å². The SMILES string of the molecule is CC(C)(C)c1ccc(Nc2ncnc3cc(-c4ncccc4C(F)(F)F)cnc23)cc1OCCCO. The fraction of sp³-hybridized carbons (Fsp3) is 0.308. The number of hydrogen-bond donors (Lipinski definition) is 2. The Morgan fingerprint density at radius 1 is 0.972 bits per heavy atom. The molecule has 4 rings (SSSR count). The lowest BCUT2D eigenvalue weighted by Gasteiger charge is -2.23. The van der Waals surface area contributed by atoms with Crippen molar-refractivity contribution in [3.05, 3.63) is 66.2 Å². The number of anilines is 2. The highest BCUT2D eigenvalue weighted by molar-refractivity contribution is 5.89. The number of benzene rings is 1. The summed E-state index contributed by atoms with van der Waals surface area (Å²) in [6.45, 7) is 6.66. The highest BCUT2D eigenvalue weighted by Crippen LogP contribution is 2.37. The van der Waals surface area contributed by atoms with Crippen LogP contribution in [0.2, 0.25) is 0 Å². The largest absolute Gasteiger partial charge is 0.493 e. The van der Waals surface area contributed by atoms with E-state index in [1.54, 1.807) is 0 Å². The van der Waals surface area contributed by atoms with E-state index >= 15 is 0 Å². The molecule has 4 aromatic rings. The molecule has 3 heterocycles. The molecular formula is C26H26F3N5O2. The molecule has 7 nitrogen and oxygen atoms in total. The van der Waals surface area contributed by atoms with Gasteiger partial charge in [0.05, 0.1) is 23.4 Å². The van der Waals surface area contributed by atoms with E-state index in [0.717, 1.165) is 11.6 Å². The van der Waals surface area contributed by atoms with Crippen molar-refractivity contribution in [1.29, 1.82) is 0 Å². The zero-order valence-electron chi connectivity index (χ0n) is 20.1. The minimum Gasteiger partial charge on any atom is -0.493 e. The van der Waals surface area contributed by atoms with Crippen molar-refractivity contribution in [2.24, 2.45) is 0 Å². The van der Waals surface area contributed by atoms with Gasteiger partial charge in [0.25, 0.3) is 0 Å². The molecule has 10 heteroatoms. The van der Waals surface area contributed by atoms with Crippen molar-refractivity contribution in [3.63, 3.8) is 0 Å². The van der Waals surface area contributed by atoms with E-state index in [1.807, 2.05) is 18.2 Å². The first-order valence-electron chi connectivity index (χ1n) is 11.4. The Morgan fingerprint density at radius 2 is 1.78 bits per heavy atom. The Kier molecular flexibility index (Phi) is 7.07. The second-order valence-corrected chi connectivity index (χ2v) is 9.22. The summed E-state index contributed by atoms with van der Waals surface area (Å²) in [6.07, 6.45) is -0.0747. The summed E-state index contributed by atoms with van der Waals surface area (Å²) in [5, 5.41) is 12.3. The number of ether oxygens (including phenoxy) is 1. The van der Waals surface area contributed by atoms with Crippen LogP contribution in [0, 0.1) is 0 Å². The first-order valence-corrected chi connectivity index (χ1v) is 11.4. The summed E-state index contributed by atoms with van der Waals surface area (Å²) in [5.74, 6) is 1.08. The zero-order valence-corrected chi connectivity index (χ0v) is 20.1. The standard InChI is InChI=1S/C26H26F3N5O2/c1-25(2,3)18-8-7-17(13-21(18)36-11-5-10-35)34-24-23-20(32-15-33-24)12-16(14-31-23)22-19(26(27,28)29)6-4-9-30-22/h4,6-9,12-15,35H,5,10-11H2,1-3H3,(H,32,33,34). The molecule has 0 saturated heterocycles. The van der Waals surface area contributed by atoms with Gasteiger partial charge >= 0.3 is 6.18 Å². The van der Waals surface area contributed by atoms with E-state index < -0.39 is 11.7 Å². The third-order valence-corrected chi connectivity index (χ3v) is 5.47. The number of aliphatic hydroxyl groups is 1. The highest BCUT2D eigenvalue weighted by Gasteiger charge is 2.34. The number of nitrogens with zero attached hydrogens (tertiary/aromatic N) is 4. The third-order valence-electron chi connectivity index (χ3n) is 5.47. The van der Waals surface area contributed by atoms with Crippen LogP contribution in [-0.2, 0) is 11.6 Å². The Hall–Kier alpha value is -3.79. The van der Waals surface area contributed by atoms with Gasteiger partial charge in [-0.05, 0) is 35.2 Å². The highest BCUT2D eigenvalue weighted by atomic mass is 19.4. The molecule has 188 valence electrons.